The minimum Gasteiger partial charge on any atom is -0.462 e. The summed E-state index contributed by atoms with van der Waals surface area (Å²) in [5, 5.41) is 0. The fraction of sp³-hybridized carbons (Fsp3) is 0.824. The van der Waals surface area contributed by atoms with Crippen molar-refractivity contribution in [2.75, 3.05) is 13.2 Å². The van der Waals surface area contributed by atoms with E-state index >= 15 is 0 Å². The normalized spacial score (nSPS) is 12.4. The summed E-state index contributed by atoms with van der Waals surface area (Å²) < 4.78 is 16.9. The smallest absolute Gasteiger partial charge is 0.306 e. The van der Waals surface area contributed by atoms with Crippen LogP contribution in [0, 0.1) is 0 Å². The van der Waals surface area contributed by atoms with E-state index in [9.17, 15) is 14.4 Å². The molecule has 466 valence electrons. The zero-order valence-corrected chi connectivity index (χ0v) is 53.6. The van der Waals surface area contributed by atoms with Gasteiger partial charge in [0.25, 0.3) is 0 Å². The Morgan fingerprint density at radius 1 is 0.250 bits per heavy atom. The molecule has 1 atom stereocenters. The highest BCUT2D eigenvalue weighted by Crippen LogP contribution is 2.18. The summed E-state index contributed by atoms with van der Waals surface area (Å²) in [5.41, 5.74) is 0. The van der Waals surface area contributed by atoms with E-state index in [4.69, 9.17) is 14.2 Å². The molecule has 0 spiro atoms. The molecule has 0 amide bonds. The lowest BCUT2D eigenvalue weighted by Gasteiger charge is -2.18. The molecule has 0 aromatic carbocycles. The third-order valence-corrected chi connectivity index (χ3v) is 15.7. The Kier molecular flexibility index (Phi) is 66.1. The van der Waals surface area contributed by atoms with Gasteiger partial charge in [-0.2, -0.15) is 0 Å². The fourth-order valence-corrected chi connectivity index (χ4v) is 10.4. The van der Waals surface area contributed by atoms with Crippen molar-refractivity contribution in [3.63, 3.8) is 0 Å². The maximum absolute atomic E-state index is 12.9. The summed E-state index contributed by atoms with van der Waals surface area (Å²) in [6.45, 7) is 6.65. The van der Waals surface area contributed by atoms with E-state index in [1.807, 2.05) is 0 Å². The monoisotopic (exact) mass is 1120 g/mol. The molecule has 6 nitrogen and oxygen atoms in total. The highest BCUT2D eigenvalue weighted by atomic mass is 16.6. The van der Waals surface area contributed by atoms with E-state index in [0.29, 0.717) is 19.3 Å². The summed E-state index contributed by atoms with van der Waals surface area (Å²) >= 11 is 0. The van der Waals surface area contributed by atoms with Gasteiger partial charge in [-0.25, -0.2) is 0 Å². The van der Waals surface area contributed by atoms with Gasteiger partial charge in [0.1, 0.15) is 13.2 Å². The Bertz CT molecular complexity index is 1430. The van der Waals surface area contributed by atoms with Crippen molar-refractivity contribution in [3.05, 3.63) is 60.8 Å². The van der Waals surface area contributed by atoms with Crippen LogP contribution < -0.4 is 0 Å². The van der Waals surface area contributed by atoms with E-state index in [0.717, 1.165) is 83.5 Å². The van der Waals surface area contributed by atoms with Crippen LogP contribution in [0.3, 0.4) is 0 Å². The van der Waals surface area contributed by atoms with Crippen LogP contribution in [0.2, 0.25) is 0 Å². The summed E-state index contributed by atoms with van der Waals surface area (Å²) in [6.07, 6.45) is 88.3. The third-order valence-electron chi connectivity index (χ3n) is 15.7. The molecule has 0 N–H and O–H groups in total. The molecule has 0 aliphatic carbocycles. The van der Waals surface area contributed by atoms with Crippen molar-refractivity contribution < 1.29 is 28.6 Å². The van der Waals surface area contributed by atoms with Crippen LogP contribution in [-0.4, -0.2) is 37.2 Å². The first-order chi connectivity index (χ1) is 39.5. The Balaban J connectivity index is 4.12. The molecule has 0 aromatic heterocycles. The van der Waals surface area contributed by atoms with Crippen molar-refractivity contribution in [1.82, 2.24) is 0 Å². The average Bonchev–Trinajstić information content (AvgIpc) is 3.46. The van der Waals surface area contributed by atoms with Crippen LogP contribution in [0.15, 0.2) is 60.8 Å². The van der Waals surface area contributed by atoms with E-state index in [2.05, 4.69) is 81.5 Å². The highest BCUT2D eigenvalue weighted by Gasteiger charge is 2.19. The Hall–Kier alpha value is -2.89. The number of unbranched alkanes of at least 4 members (excludes halogenated alkanes) is 44. The lowest BCUT2D eigenvalue weighted by molar-refractivity contribution is -0.167. The molecule has 6 heteroatoms. The van der Waals surface area contributed by atoms with Crippen molar-refractivity contribution in [2.24, 2.45) is 0 Å². The molecule has 1 unspecified atom stereocenters. The number of rotatable bonds is 65. The van der Waals surface area contributed by atoms with Crippen molar-refractivity contribution in [3.8, 4) is 0 Å². The van der Waals surface area contributed by atoms with Crippen LogP contribution in [-0.2, 0) is 28.6 Å². The zero-order valence-electron chi connectivity index (χ0n) is 53.6. The number of carbonyl (C=O) groups is 3. The average molecular weight is 1120 g/mol. The molecule has 0 aliphatic heterocycles. The van der Waals surface area contributed by atoms with Crippen LogP contribution in [0.4, 0.5) is 0 Å². The van der Waals surface area contributed by atoms with Gasteiger partial charge in [0, 0.05) is 19.3 Å². The summed E-state index contributed by atoms with van der Waals surface area (Å²) in [6, 6.07) is 0. The number of carbonyl (C=O) groups excluding carboxylic acids is 3. The standard InChI is InChI=1S/C74H134O6/c1-4-7-10-13-16-19-22-24-26-28-30-31-32-33-34-35-36-37-38-39-40-41-42-43-44-46-47-49-52-55-58-61-64-67-73(76)79-70-71(69-78-72(75)66-63-60-57-54-51-21-18-15-12-9-6-3)80-74(77)68-65-62-59-56-53-50-48-45-29-27-25-23-20-17-14-11-8-5-2/h20,22-24,27-30,32-33,71H,4-19,21,25-26,31,34-70H2,1-3H3/b23-20-,24-22-,29-27-,30-28-,33-32-. The molecule has 80 heavy (non-hydrogen) atoms. The van der Waals surface area contributed by atoms with Crippen LogP contribution in [0.25, 0.3) is 0 Å². The Morgan fingerprint density at radius 2 is 0.450 bits per heavy atom. The van der Waals surface area contributed by atoms with Crippen molar-refractivity contribution in [1.29, 1.82) is 0 Å². The Labute approximate surface area is 498 Å². The molecule has 0 saturated heterocycles. The first-order valence-electron chi connectivity index (χ1n) is 35.3. The van der Waals surface area contributed by atoms with E-state index in [1.54, 1.807) is 0 Å². The number of hydrogen-bond donors (Lipinski definition) is 0. The number of esters is 3. The fourth-order valence-electron chi connectivity index (χ4n) is 10.4. The molecule has 0 saturated carbocycles. The first-order valence-corrected chi connectivity index (χ1v) is 35.3. The second-order valence-corrected chi connectivity index (χ2v) is 23.8. The highest BCUT2D eigenvalue weighted by molar-refractivity contribution is 5.71. The van der Waals surface area contributed by atoms with Gasteiger partial charge in [0.05, 0.1) is 0 Å². The number of ether oxygens (including phenoxy) is 3. The van der Waals surface area contributed by atoms with Crippen molar-refractivity contribution >= 4 is 17.9 Å². The van der Waals surface area contributed by atoms with E-state index < -0.39 is 6.10 Å². The largest absolute Gasteiger partial charge is 0.462 e. The second kappa shape index (κ2) is 68.6. The van der Waals surface area contributed by atoms with Gasteiger partial charge in [0.2, 0.25) is 0 Å². The van der Waals surface area contributed by atoms with Gasteiger partial charge in [-0.15, -0.1) is 0 Å². The molecule has 0 fully saturated rings. The molecular formula is C74H134O6. The van der Waals surface area contributed by atoms with Crippen LogP contribution in [0.1, 0.15) is 374 Å². The molecule has 0 aliphatic rings. The summed E-state index contributed by atoms with van der Waals surface area (Å²) in [4.78, 5) is 38.3. The first kappa shape index (κ1) is 77.1. The van der Waals surface area contributed by atoms with Gasteiger partial charge in [0.15, 0.2) is 6.10 Å². The topological polar surface area (TPSA) is 78.9 Å². The van der Waals surface area contributed by atoms with Gasteiger partial charge in [-0.05, 0) is 89.9 Å². The Morgan fingerprint density at radius 3 is 0.713 bits per heavy atom. The van der Waals surface area contributed by atoms with Crippen LogP contribution in [0.5, 0.6) is 0 Å². The summed E-state index contributed by atoms with van der Waals surface area (Å²) in [5.74, 6) is -0.859. The van der Waals surface area contributed by atoms with Gasteiger partial charge >= 0.3 is 17.9 Å². The zero-order chi connectivity index (χ0) is 57.8. The maximum atomic E-state index is 12.9. The third kappa shape index (κ3) is 65.9. The SMILES string of the molecule is CCCCCC/C=C\C/C=C\CCCCCCCCCC(=O)OC(COC(=O)CCCCCCCCCCCCC)COC(=O)CCCCCCCCCCCCCCCCCCCC/C=C\C/C=C\C/C=C\CCCCCCC. The predicted molar refractivity (Wildman–Crippen MR) is 348 cm³/mol. The minimum atomic E-state index is -0.776. The van der Waals surface area contributed by atoms with Crippen LogP contribution >= 0.6 is 0 Å². The second-order valence-electron chi connectivity index (χ2n) is 23.8. The minimum absolute atomic E-state index is 0.0724. The molecule has 0 bridgehead atoms. The van der Waals surface area contributed by atoms with Gasteiger partial charge < -0.3 is 14.2 Å². The number of allylic oxidation sites excluding steroid dienone is 10. The quantitative estimate of drug-likeness (QED) is 0.0261. The molecule has 0 aromatic rings. The lowest BCUT2D eigenvalue weighted by atomic mass is 10.0. The molecular weight excluding hydrogens is 985 g/mol. The van der Waals surface area contributed by atoms with Gasteiger partial charge in [-0.1, -0.05) is 326 Å². The molecule has 0 rings (SSSR count). The molecule has 0 heterocycles. The van der Waals surface area contributed by atoms with E-state index in [-0.39, 0.29) is 31.1 Å². The summed E-state index contributed by atoms with van der Waals surface area (Å²) in [7, 11) is 0. The van der Waals surface area contributed by atoms with Crippen molar-refractivity contribution in [2.45, 2.75) is 380 Å². The molecule has 0 radical (unpaired) electrons. The lowest BCUT2D eigenvalue weighted by Crippen LogP contribution is -2.30. The van der Waals surface area contributed by atoms with Gasteiger partial charge in [-0.3, -0.25) is 14.4 Å². The number of hydrogen-bond acceptors (Lipinski definition) is 6. The predicted octanol–water partition coefficient (Wildman–Crippen LogP) is 24.3. The van der Waals surface area contributed by atoms with E-state index in [1.165, 1.54) is 250 Å². The maximum Gasteiger partial charge on any atom is 0.306 e.